The van der Waals surface area contributed by atoms with Crippen LogP contribution in [0, 0.1) is 0 Å². The summed E-state index contributed by atoms with van der Waals surface area (Å²) >= 11 is 0. The zero-order chi connectivity index (χ0) is 18.7. The van der Waals surface area contributed by atoms with E-state index in [1.54, 1.807) is 19.2 Å². The molecule has 1 aliphatic rings. The van der Waals surface area contributed by atoms with Crippen molar-refractivity contribution in [2.75, 3.05) is 13.7 Å². The molecule has 8 heteroatoms. The van der Waals surface area contributed by atoms with Crippen LogP contribution < -0.4 is 9.47 Å². The number of amides is 1. The van der Waals surface area contributed by atoms with Gasteiger partial charge >= 0.3 is 12.5 Å². The molecule has 138 valence electrons. The normalized spacial score (nSPS) is 17.2. The van der Waals surface area contributed by atoms with E-state index < -0.39 is 18.6 Å². The molecule has 0 aromatic heterocycles. The van der Waals surface area contributed by atoms with E-state index in [4.69, 9.17) is 9.47 Å². The molecule has 1 saturated heterocycles. The van der Waals surface area contributed by atoms with Crippen LogP contribution >= 0.6 is 0 Å². The van der Waals surface area contributed by atoms with E-state index in [0.29, 0.717) is 17.9 Å². The highest BCUT2D eigenvalue weighted by Gasteiger charge is 2.33. The first-order chi connectivity index (χ1) is 12.3. The van der Waals surface area contributed by atoms with Crippen LogP contribution in [0.2, 0.25) is 0 Å². The molecule has 2 aromatic carbocycles. The van der Waals surface area contributed by atoms with E-state index in [1.165, 1.54) is 29.2 Å². The van der Waals surface area contributed by atoms with Crippen molar-refractivity contribution in [3.8, 4) is 11.5 Å². The number of carbonyl (C=O) groups excluding carboxylic acids is 1. The Balaban J connectivity index is 1.62. The molecule has 3 rings (SSSR count). The molecule has 1 amide bonds. The molecule has 0 N–H and O–H groups in total. The number of hydrogen-bond donors (Lipinski definition) is 0. The molecule has 1 fully saturated rings. The molecule has 0 unspecified atom stereocenters. The van der Waals surface area contributed by atoms with E-state index in [2.05, 4.69) is 4.74 Å². The van der Waals surface area contributed by atoms with Gasteiger partial charge in [0, 0.05) is 6.54 Å². The number of rotatable bonds is 5. The van der Waals surface area contributed by atoms with E-state index in [1.807, 2.05) is 12.1 Å². The molecule has 2 aromatic rings. The maximum Gasteiger partial charge on any atom is 0.573 e. The van der Waals surface area contributed by atoms with Gasteiger partial charge in [-0.05, 0) is 35.4 Å². The third-order valence-electron chi connectivity index (χ3n) is 3.91. The molecule has 0 spiro atoms. The first kappa shape index (κ1) is 17.9. The summed E-state index contributed by atoms with van der Waals surface area (Å²) in [7, 11) is 1.57. The Morgan fingerprint density at radius 3 is 2.27 bits per heavy atom. The quantitative estimate of drug-likeness (QED) is 0.791. The van der Waals surface area contributed by atoms with Gasteiger partial charge in [-0.2, -0.15) is 0 Å². The number of carbonyl (C=O) groups is 1. The lowest BCUT2D eigenvalue weighted by molar-refractivity contribution is -0.274. The van der Waals surface area contributed by atoms with Gasteiger partial charge < -0.3 is 14.2 Å². The van der Waals surface area contributed by atoms with Crippen LogP contribution in [0.5, 0.6) is 11.5 Å². The van der Waals surface area contributed by atoms with Crippen molar-refractivity contribution >= 4 is 6.09 Å². The highest BCUT2D eigenvalue weighted by molar-refractivity contribution is 5.70. The maximum absolute atomic E-state index is 12.2. The van der Waals surface area contributed by atoms with Crippen LogP contribution in [0.1, 0.15) is 17.2 Å². The summed E-state index contributed by atoms with van der Waals surface area (Å²) in [5, 5.41) is 0. The van der Waals surface area contributed by atoms with Gasteiger partial charge in [-0.25, -0.2) is 4.79 Å². The second-order valence-corrected chi connectivity index (χ2v) is 5.72. The summed E-state index contributed by atoms with van der Waals surface area (Å²) < 4.78 is 50.8. The van der Waals surface area contributed by atoms with Gasteiger partial charge in [0.25, 0.3) is 0 Å². The molecule has 0 aliphatic carbocycles. The van der Waals surface area contributed by atoms with Crippen molar-refractivity contribution in [3.05, 3.63) is 59.7 Å². The van der Waals surface area contributed by atoms with Gasteiger partial charge in [-0.1, -0.05) is 24.3 Å². The highest BCUT2D eigenvalue weighted by atomic mass is 19.4. The molecular weight excluding hydrogens is 351 g/mol. The summed E-state index contributed by atoms with van der Waals surface area (Å²) in [6.45, 7) is 0.587. The lowest BCUT2D eigenvalue weighted by Gasteiger charge is -2.14. The standard InChI is InChI=1S/C18H16F3NO4/c1-24-14-8-4-13(5-9-14)16-11-22(17(23)25-16)10-12-2-6-15(7-3-12)26-18(19,20)21/h2-9,16H,10-11H2,1H3/t16-/m0/s1. The minimum Gasteiger partial charge on any atom is -0.497 e. The molecule has 0 bridgehead atoms. The Morgan fingerprint density at radius 2 is 1.69 bits per heavy atom. The molecule has 1 aliphatic heterocycles. The number of cyclic esters (lactones) is 1. The molecule has 26 heavy (non-hydrogen) atoms. The van der Waals surface area contributed by atoms with Gasteiger partial charge in [-0.3, -0.25) is 4.90 Å². The molecule has 1 atom stereocenters. The second-order valence-electron chi connectivity index (χ2n) is 5.72. The Bertz CT molecular complexity index is 760. The third kappa shape index (κ3) is 4.38. The fraction of sp³-hybridized carbons (Fsp3) is 0.278. The van der Waals surface area contributed by atoms with Gasteiger partial charge in [0.2, 0.25) is 0 Å². The zero-order valence-corrected chi connectivity index (χ0v) is 13.8. The second kappa shape index (κ2) is 7.15. The van der Waals surface area contributed by atoms with Crippen molar-refractivity contribution in [2.45, 2.75) is 19.0 Å². The molecule has 0 saturated carbocycles. The van der Waals surface area contributed by atoms with E-state index in [9.17, 15) is 18.0 Å². The fourth-order valence-electron chi connectivity index (χ4n) is 2.65. The summed E-state index contributed by atoms with van der Waals surface area (Å²) in [5.74, 6) is 0.400. The van der Waals surface area contributed by atoms with Gasteiger partial charge in [-0.15, -0.1) is 13.2 Å². The van der Waals surface area contributed by atoms with Crippen LogP contribution in [0.4, 0.5) is 18.0 Å². The minimum absolute atomic E-state index is 0.234. The first-order valence-electron chi connectivity index (χ1n) is 7.78. The SMILES string of the molecule is COc1ccc([C@@H]2CN(Cc3ccc(OC(F)(F)F)cc3)C(=O)O2)cc1. The van der Waals surface area contributed by atoms with Crippen LogP contribution in [-0.2, 0) is 11.3 Å². The molecule has 1 heterocycles. The zero-order valence-electron chi connectivity index (χ0n) is 13.8. The number of ether oxygens (including phenoxy) is 3. The van der Waals surface area contributed by atoms with Gasteiger partial charge in [0.15, 0.2) is 0 Å². The monoisotopic (exact) mass is 367 g/mol. The third-order valence-corrected chi connectivity index (χ3v) is 3.91. The van der Waals surface area contributed by atoms with Crippen molar-refractivity contribution in [1.82, 2.24) is 4.90 Å². The van der Waals surface area contributed by atoms with Crippen LogP contribution in [0.25, 0.3) is 0 Å². The van der Waals surface area contributed by atoms with Crippen molar-refractivity contribution in [2.24, 2.45) is 0 Å². The average Bonchev–Trinajstić information content (AvgIpc) is 2.96. The Hall–Kier alpha value is -2.90. The Morgan fingerprint density at radius 1 is 1.08 bits per heavy atom. The van der Waals surface area contributed by atoms with E-state index >= 15 is 0 Å². The van der Waals surface area contributed by atoms with Crippen LogP contribution in [0.15, 0.2) is 48.5 Å². The van der Waals surface area contributed by atoms with Gasteiger partial charge in [0.1, 0.15) is 17.6 Å². The highest BCUT2D eigenvalue weighted by Crippen LogP contribution is 2.29. The van der Waals surface area contributed by atoms with Crippen molar-refractivity contribution < 1.29 is 32.2 Å². The minimum atomic E-state index is -4.73. The lowest BCUT2D eigenvalue weighted by atomic mass is 10.1. The van der Waals surface area contributed by atoms with Crippen LogP contribution in [-0.4, -0.2) is 31.0 Å². The number of hydrogen-bond acceptors (Lipinski definition) is 4. The lowest BCUT2D eigenvalue weighted by Crippen LogP contribution is -2.23. The van der Waals surface area contributed by atoms with Gasteiger partial charge in [0.05, 0.1) is 13.7 Å². The topological polar surface area (TPSA) is 48.0 Å². The number of halogens is 3. The number of alkyl halides is 3. The maximum atomic E-state index is 12.2. The predicted octanol–water partition coefficient (Wildman–Crippen LogP) is 4.29. The first-order valence-corrected chi connectivity index (χ1v) is 7.78. The molecule has 0 radical (unpaired) electrons. The van der Waals surface area contributed by atoms with E-state index in [0.717, 1.165) is 5.56 Å². The number of nitrogens with zero attached hydrogens (tertiary/aromatic N) is 1. The van der Waals surface area contributed by atoms with E-state index in [-0.39, 0.29) is 12.3 Å². The Labute approximate surface area is 147 Å². The molecular formula is C18H16F3NO4. The Kier molecular flexibility index (Phi) is 4.92. The fourth-order valence-corrected chi connectivity index (χ4v) is 2.65. The smallest absolute Gasteiger partial charge is 0.497 e. The van der Waals surface area contributed by atoms with Crippen LogP contribution in [0.3, 0.4) is 0 Å². The predicted molar refractivity (Wildman–Crippen MR) is 85.8 cm³/mol. The van der Waals surface area contributed by atoms with Crippen molar-refractivity contribution in [1.29, 1.82) is 0 Å². The number of methoxy groups -OCH3 is 1. The number of benzene rings is 2. The summed E-state index contributed by atoms with van der Waals surface area (Å²) in [4.78, 5) is 13.5. The van der Waals surface area contributed by atoms with Crippen molar-refractivity contribution in [3.63, 3.8) is 0 Å². The average molecular weight is 367 g/mol. The molecule has 5 nitrogen and oxygen atoms in total. The summed E-state index contributed by atoms with van der Waals surface area (Å²) in [5.41, 5.74) is 1.52. The summed E-state index contributed by atoms with van der Waals surface area (Å²) in [6, 6.07) is 12.6. The largest absolute Gasteiger partial charge is 0.573 e. The summed E-state index contributed by atoms with van der Waals surface area (Å²) in [6.07, 6.45) is -5.60.